The van der Waals surface area contributed by atoms with Crippen LogP contribution in [0.15, 0.2) is 24.3 Å². The first-order chi connectivity index (χ1) is 11.8. The lowest BCUT2D eigenvalue weighted by molar-refractivity contribution is -0.149. The molecule has 1 heterocycles. The Kier molecular flexibility index (Phi) is 6.53. The summed E-state index contributed by atoms with van der Waals surface area (Å²) in [6.07, 6.45) is 9.65. The van der Waals surface area contributed by atoms with Crippen LogP contribution in [0.1, 0.15) is 56.9 Å². The van der Waals surface area contributed by atoms with E-state index >= 15 is 0 Å². The van der Waals surface area contributed by atoms with Gasteiger partial charge in [-0.3, -0.25) is 4.79 Å². The summed E-state index contributed by atoms with van der Waals surface area (Å²) in [5.41, 5.74) is 1.12. The van der Waals surface area contributed by atoms with Gasteiger partial charge in [0.1, 0.15) is 12.4 Å². The van der Waals surface area contributed by atoms with Crippen molar-refractivity contribution in [2.45, 2.75) is 70.0 Å². The van der Waals surface area contributed by atoms with E-state index in [1.807, 2.05) is 18.2 Å². The molecule has 0 aromatic heterocycles. The number of hydrogen-bond donors (Lipinski definition) is 0. The molecule has 4 heteroatoms. The maximum Gasteiger partial charge on any atom is 0.306 e. The lowest BCUT2D eigenvalue weighted by Crippen LogP contribution is -2.26. The van der Waals surface area contributed by atoms with Crippen molar-refractivity contribution in [2.24, 2.45) is 0 Å². The van der Waals surface area contributed by atoms with Gasteiger partial charge < -0.3 is 14.2 Å². The zero-order valence-electron chi connectivity index (χ0n) is 14.4. The zero-order valence-corrected chi connectivity index (χ0v) is 14.4. The number of hydrogen-bond acceptors (Lipinski definition) is 4. The van der Waals surface area contributed by atoms with Gasteiger partial charge in [-0.2, -0.15) is 0 Å². The predicted molar refractivity (Wildman–Crippen MR) is 92.2 cm³/mol. The predicted octanol–water partition coefficient (Wildman–Crippen LogP) is 4.05. The first-order valence-corrected chi connectivity index (χ1v) is 9.32. The fraction of sp³-hybridized carbons (Fsp3) is 0.650. The molecule has 1 aromatic rings. The van der Waals surface area contributed by atoms with E-state index in [2.05, 4.69) is 6.07 Å². The summed E-state index contributed by atoms with van der Waals surface area (Å²) in [5, 5.41) is 0. The highest BCUT2D eigenvalue weighted by atomic mass is 16.6. The van der Waals surface area contributed by atoms with Gasteiger partial charge in [0.15, 0.2) is 0 Å². The summed E-state index contributed by atoms with van der Waals surface area (Å²) in [7, 11) is 0. The average Bonchev–Trinajstić information content (AvgIpc) is 3.12. The monoisotopic (exact) mass is 332 g/mol. The van der Waals surface area contributed by atoms with E-state index in [1.165, 1.54) is 12.8 Å². The quantitative estimate of drug-likeness (QED) is 0.707. The second-order valence-corrected chi connectivity index (χ2v) is 6.84. The van der Waals surface area contributed by atoms with Crippen molar-refractivity contribution >= 4 is 5.97 Å². The topological polar surface area (TPSA) is 44.8 Å². The lowest BCUT2D eigenvalue weighted by Gasteiger charge is -2.22. The van der Waals surface area contributed by atoms with Crippen molar-refractivity contribution in [3.63, 3.8) is 0 Å². The molecule has 1 unspecified atom stereocenters. The molecule has 4 nitrogen and oxygen atoms in total. The van der Waals surface area contributed by atoms with Crippen LogP contribution in [0.25, 0.3) is 0 Å². The fourth-order valence-electron chi connectivity index (χ4n) is 3.42. The Morgan fingerprint density at radius 2 is 1.96 bits per heavy atom. The number of carbonyl (C=O) groups excluding carboxylic acids is 1. The van der Waals surface area contributed by atoms with E-state index in [-0.39, 0.29) is 12.1 Å². The second-order valence-electron chi connectivity index (χ2n) is 6.84. The molecule has 0 spiro atoms. The second kappa shape index (κ2) is 9.07. The molecule has 0 radical (unpaired) electrons. The summed E-state index contributed by atoms with van der Waals surface area (Å²) in [5.74, 6) is 0.773. The maximum atomic E-state index is 11.9. The van der Waals surface area contributed by atoms with Crippen molar-refractivity contribution in [1.29, 1.82) is 0 Å². The van der Waals surface area contributed by atoms with Crippen LogP contribution < -0.4 is 4.74 Å². The van der Waals surface area contributed by atoms with Crippen molar-refractivity contribution in [3.8, 4) is 5.75 Å². The molecule has 0 amide bonds. The number of aryl methyl sites for hydroxylation is 1. The molecule has 0 N–H and O–H groups in total. The van der Waals surface area contributed by atoms with Crippen molar-refractivity contribution in [3.05, 3.63) is 29.8 Å². The van der Waals surface area contributed by atoms with Crippen LogP contribution in [0.3, 0.4) is 0 Å². The number of esters is 1. The maximum absolute atomic E-state index is 11.9. The number of rotatable bonds is 7. The molecule has 2 aliphatic rings. The highest BCUT2D eigenvalue weighted by Crippen LogP contribution is 2.25. The molecule has 1 atom stereocenters. The van der Waals surface area contributed by atoms with Crippen LogP contribution in [0.5, 0.6) is 5.75 Å². The van der Waals surface area contributed by atoms with E-state index in [4.69, 9.17) is 14.2 Å². The SMILES string of the molecule is O=C(CCc1cccc(OC2CCCC2)c1)OCC1CCCCO1. The van der Waals surface area contributed by atoms with Crippen molar-refractivity contribution in [2.75, 3.05) is 13.2 Å². The largest absolute Gasteiger partial charge is 0.490 e. The average molecular weight is 332 g/mol. The Bertz CT molecular complexity index is 516. The molecule has 2 fully saturated rings. The molecule has 1 aromatic carbocycles. The molecule has 132 valence electrons. The van der Waals surface area contributed by atoms with Gasteiger partial charge in [-0.25, -0.2) is 0 Å². The highest BCUT2D eigenvalue weighted by molar-refractivity contribution is 5.69. The Hall–Kier alpha value is -1.55. The Morgan fingerprint density at radius 1 is 1.12 bits per heavy atom. The molecule has 0 bridgehead atoms. The minimum absolute atomic E-state index is 0.0887. The highest BCUT2D eigenvalue weighted by Gasteiger charge is 2.17. The first kappa shape index (κ1) is 17.3. The smallest absolute Gasteiger partial charge is 0.306 e. The van der Waals surface area contributed by atoms with E-state index in [1.54, 1.807) is 0 Å². The lowest BCUT2D eigenvalue weighted by atomic mass is 10.1. The van der Waals surface area contributed by atoms with Gasteiger partial charge in [-0.15, -0.1) is 0 Å². The molecule has 3 rings (SSSR count). The van der Waals surface area contributed by atoms with Gasteiger partial charge in [0.25, 0.3) is 0 Å². The van der Waals surface area contributed by atoms with Crippen LogP contribution in [0.2, 0.25) is 0 Å². The van der Waals surface area contributed by atoms with E-state index in [9.17, 15) is 4.79 Å². The minimum atomic E-state index is -0.147. The van der Waals surface area contributed by atoms with Gasteiger partial charge in [-0.1, -0.05) is 12.1 Å². The van der Waals surface area contributed by atoms with Crippen LogP contribution in [0.4, 0.5) is 0 Å². The molecular weight excluding hydrogens is 304 g/mol. The standard InChI is InChI=1S/C20H28O4/c21-20(23-15-19-9-3-4-13-22-19)12-11-16-6-5-10-18(14-16)24-17-7-1-2-8-17/h5-6,10,14,17,19H,1-4,7-9,11-13,15H2. The summed E-state index contributed by atoms with van der Waals surface area (Å²) >= 11 is 0. The number of ether oxygens (including phenoxy) is 3. The van der Waals surface area contributed by atoms with Gasteiger partial charge >= 0.3 is 5.97 Å². The molecule has 1 aliphatic carbocycles. The summed E-state index contributed by atoms with van der Waals surface area (Å²) in [4.78, 5) is 11.9. The van der Waals surface area contributed by atoms with Crippen LogP contribution in [-0.4, -0.2) is 31.4 Å². The summed E-state index contributed by atoms with van der Waals surface area (Å²) in [6.45, 7) is 1.18. The van der Waals surface area contributed by atoms with Gasteiger partial charge in [0, 0.05) is 13.0 Å². The van der Waals surface area contributed by atoms with Crippen LogP contribution in [-0.2, 0) is 20.7 Å². The van der Waals surface area contributed by atoms with Gasteiger partial charge in [0.05, 0.1) is 12.2 Å². The van der Waals surface area contributed by atoms with Crippen LogP contribution in [0, 0.1) is 0 Å². The Balaban J connectivity index is 1.39. The van der Waals surface area contributed by atoms with E-state index < -0.39 is 0 Å². The van der Waals surface area contributed by atoms with E-state index in [0.717, 1.165) is 50.0 Å². The normalized spacial score (nSPS) is 21.6. The van der Waals surface area contributed by atoms with Crippen molar-refractivity contribution in [1.82, 2.24) is 0 Å². The van der Waals surface area contributed by atoms with Gasteiger partial charge in [0.2, 0.25) is 0 Å². The third-order valence-corrected chi connectivity index (χ3v) is 4.83. The molecular formula is C20H28O4. The van der Waals surface area contributed by atoms with Crippen LogP contribution >= 0.6 is 0 Å². The van der Waals surface area contributed by atoms with Crippen molar-refractivity contribution < 1.29 is 19.0 Å². The third-order valence-electron chi connectivity index (χ3n) is 4.83. The molecule has 1 saturated carbocycles. The Labute approximate surface area is 144 Å². The zero-order chi connectivity index (χ0) is 16.6. The number of carbonyl (C=O) groups is 1. The first-order valence-electron chi connectivity index (χ1n) is 9.32. The van der Waals surface area contributed by atoms with Gasteiger partial charge in [-0.05, 0) is 69.1 Å². The molecule has 1 saturated heterocycles. The fourth-order valence-corrected chi connectivity index (χ4v) is 3.42. The number of benzene rings is 1. The minimum Gasteiger partial charge on any atom is -0.490 e. The summed E-state index contributed by atoms with van der Waals surface area (Å²) in [6, 6.07) is 8.09. The summed E-state index contributed by atoms with van der Waals surface area (Å²) < 4.78 is 16.9. The Morgan fingerprint density at radius 3 is 2.75 bits per heavy atom. The third kappa shape index (κ3) is 5.52. The molecule has 24 heavy (non-hydrogen) atoms. The van der Waals surface area contributed by atoms with E-state index in [0.29, 0.717) is 25.6 Å². The molecule has 1 aliphatic heterocycles.